The van der Waals surface area contributed by atoms with Crippen LogP contribution in [0.25, 0.3) is 11.4 Å². The molecule has 0 saturated carbocycles. The predicted molar refractivity (Wildman–Crippen MR) is 127 cm³/mol. The minimum atomic E-state index is 0.0933. The Balaban J connectivity index is 1.66. The summed E-state index contributed by atoms with van der Waals surface area (Å²) >= 11 is 5.71. The van der Waals surface area contributed by atoms with E-state index in [-0.39, 0.29) is 6.04 Å². The molecule has 0 atom stereocenters. The molecule has 0 fully saturated rings. The van der Waals surface area contributed by atoms with Crippen LogP contribution in [0, 0.1) is 4.77 Å². The first-order valence-electron chi connectivity index (χ1n) is 10.2. The number of hydrogen-bond donors (Lipinski definition) is 0. The Hall–Kier alpha value is -3.22. The molecule has 31 heavy (non-hydrogen) atoms. The fourth-order valence-electron chi connectivity index (χ4n) is 3.84. The summed E-state index contributed by atoms with van der Waals surface area (Å²) in [6.07, 6.45) is 0. The van der Waals surface area contributed by atoms with Crippen LogP contribution < -0.4 is 4.74 Å². The zero-order valence-electron chi connectivity index (χ0n) is 18.0. The van der Waals surface area contributed by atoms with Crippen molar-refractivity contribution in [2.24, 2.45) is 7.05 Å². The normalized spacial score (nSPS) is 11.3. The number of rotatable bonds is 7. The molecule has 1 aromatic heterocycles. The minimum Gasteiger partial charge on any atom is -0.497 e. The summed E-state index contributed by atoms with van der Waals surface area (Å²) < 4.78 is 9.78. The van der Waals surface area contributed by atoms with Gasteiger partial charge in [0.15, 0.2) is 10.6 Å². The Morgan fingerprint density at radius 1 is 0.903 bits per heavy atom. The van der Waals surface area contributed by atoms with Crippen LogP contribution in [-0.2, 0) is 13.7 Å². The highest BCUT2D eigenvalue weighted by molar-refractivity contribution is 7.71. The van der Waals surface area contributed by atoms with Crippen LogP contribution in [0.15, 0.2) is 84.9 Å². The molecule has 0 aliphatic rings. The molecule has 5 nitrogen and oxygen atoms in total. The first kappa shape index (κ1) is 21.0. The Labute approximate surface area is 188 Å². The molecule has 0 spiro atoms. The second-order valence-electron chi connectivity index (χ2n) is 7.52. The third-order valence-electron chi connectivity index (χ3n) is 5.42. The highest BCUT2D eigenvalue weighted by Crippen LogP contribution is 2.28. The van der Waals surface area contributed by atoms with E-state index in [4.69, 9.17) is 22.1 Å². The number of aromatic nitrogens is 3. The van der Waals surface area contributed by atoms with Crippen LogP contribution in [-0.4, -0.2) is 33.4 Å². The maximum Gasteiger partial charge on any atom is 0.199 e. The topological polar surface area (TPSA) is 35.2 Å². The van der Waals surface area contributed by atoms with E-state index in [9.17, 15) is 0 Å². The molecule has 0 aliphatic carbocycles. The monoisotopic (exact) mass is 430 g/mol. The Morgan fingerprint density at radius 2 is 1.45 bits per heavy atom. The van der Waals surface area contributed by atoms with Gasteiger partial charge in [-0.25, -0.2) is 4.68 Å². The van der Waals surface area contributed by atoms with E-state index in [1.807, 2.05) is 52.7 Å². The van der Waals surface area contributed by atoms with Crippen molar-refractivity contribution in [3.05, 3.63) is 101 Å². The zero-order chi connectivity index (χ0) is 21.8. The number of ether oxygens (including phenoxy) is 1. The first-order valence-corrected chi connectivity index (χ1v) is 10.6. The number of nitrogens with zero attached hydrogens (tertiary/aromatic N) is 4. The molecule has 0 saturated heterocycles. The van der Waals surface area contributed by atoms with Gasteiger partial charge in [0, 0.05) is 12.6 Å². The molecule has 1 heterocycles. The minimum absolute atomic E-state index is 0.0933. The summed E-state index contributed by atoms with van der Waals surface area (Å²) in [7, 11) is 5.72. The van der Waals surface area contributed by atoms with Gasteiger partial charge >= 0.3 is 0 Å². The first-order chi connectivity index (χ1) is 15.1. The Morgan fingerprint density at radius 3 is 1.97 bits per heavy atom. The Bertz CT molecular complexity index is 1140. The van der Waals surface area contributed by atoms with E-state index in [0.29, 0.717) is 11.4 Å². The van der Waals surface area contributed by atoms with Gasteiger partial charge in [-0.05, 0) is 54.7 Å². The van der Waals surface area contributed by atoms with Gasteiger partial charge in [-0.1, -0.05) is 60.7 Å². The lowest BCUT2D eigenvalue weighted by Crippen LogP contribution is -2.28. The SMILES string of the molecule is COc1ccc(-c2nn(CN(C)C(c3ccccc3)c3ccccc3)c(=S)n2C)cc1. The zero-order valence-corrected chi connectivity index (χ0v) is 18.8. The van der Waals surface area contributed by atoms with Crippen molar-refractivity contribution < 1.29 is 4.74 Å². The molecule has 0 N–H and O–H groups in total. The summed E-state index contributed by atoms with van der Waals surface area (Å²) in [6, 6.07) is 29.0. The lowest BCUT2D eigenvalue weighted by molar-refractivity contribution is 0.208. The van der Waals surface area contributed by atoms with E-state index < -0.39 is 0 Å². The van der Waals surface area contributed by atoms with Gasteiger partial charge in [0.05, 0.1) is 19.8 Å². The van der Waals surface area contributed by atoms with Crippen molar-refractivity contribution in [2.75, 3.05) is 14.2 Å². The van der Waals surface area contributed by atoms with E-state index >= 15 is 0 Å². The molecule has 3 aromatic carbocycles. The maximum absolute atomic E-state index is 5.71. The summed E-state index contributed by atoms with van der Waals surface area (Å²) in [6.45, 7) is 0.567. The van der Waals surface area contributed by atoms with E-state index in [2.05, 4.69) is 60.5 Å². The van der Waals surface area contributed by atoms with Crippen molar-refractivity contribution in [2.45, 2.75) is 12.7 Å². The highest BCUT2D eigenvalue weighted by Gasteiger charge is 2.21. The number of hydrogen-bond acceptors (Lipinski definition) is 4. The quantitative estimate of drug-likeness (QED) is 0.373. The third kappa shape index (κ3) is 4.45. The van der Waals surface area contributed by atoms with Crippen LogP contribution in [0.2, 0.25) is 0 Å². The van der Waals surface area contributed by atoms with Crippen LogP contribution in [0.5, 0.6) is 5.75 Å². The van der Waals surface area contributed by atoms with E-state index in [0.717, 1.165) is 17.1 Å². The molecule has 0 aliphatic heterocycles. The second-order valence-corrected chi connectivity index (χ2v) is 7.88. The van der Waals surface area contributed by atoms with Crippen LogP contribution in [0.1, 0.15) is 17.2 Å². The van der Waals surface area contributed by atoms with Crippen molar-refractivity contribution in [1.82, 2.24) is 19.2 Å². The van der Waals surface area contributed by atoms with Gasteiger partial charge in [-0.2, -0.15) is 5.10 Å². The van der Waals surface area contributed by atoms with E-state index in [1.54, 1.807) is 7.11 Å². The van der Waals surface area contributed by atoms with Gasteiger partial charge in [-0.3, -0.25) is 4.90 Å². The fourth-order valence-corrected chi connectivity index (χ4v) is 4.02. The van der Waals surface area contributed by atoms with Crippen LogP contribution in [0.4, 0.5) is 0 Å². The molecule has 158 valence electrons. The van der Waals surface area contributed by atoms with Gasteiger partial charge < -0.3 is 9.30 Å². The molecular weight excluding hydrogens is 404 g/mol. The van der Waals surface area contributed by atoms with Gasteiger partial charge in [-0.15, -0.1) is 0 Å². The van der Waals surface area contributed by atoms with Gasteiger partial charge in [0.25, 0.3) is 0 Å². The van der Waals surface area contributed by atoms with Gasteiger partial charge in [0.2, 0.25) is 0 Å². The molecule has 4 aromatic rings. The molecule has 6 heteroatoms. The van der Waals surface area contributed by atoms with Crippen LogP contribution >= 0.6 is 12.2 Å². The summed E-state index contributed by atoms with van der Waals surface area (Å²) in [5, 5.41) is 4.84. The van der Waals surface area contributed by atoms with Crippen molar-refractivity contribution in [3.63, 3.8) is 0 Å². The number of methoxy groups -OCH3 is 1. The average molecular weight is 431 g/mol. The molecule has 0 bridgehead atoms. The van der Waals surface area contributed by atoms with Crippen molar-refractivity contribution in [3.8, 4) is 17.1 Å². The summed E-state index contributed by atoms with van der Waals surface area (Å²) in [5.41, 5.74) is 3.46. The molecule has 0 amide bonds. The Kier molecular flexibility index (Phi) is 6.30. The second kappa shape index (κ2) is 9.29. The molecule has 0 unspecified atom stereocenters. The molecule has 0 radical (unpaired) electrons. The number of benzene rings is 3. The summed E-state index contributed by atoms with van der Waals surface area (Å²) in [5.74, 6) is 1.65. The molecule has 4 rings (SSSR count). The smallest absolute Gasteiger partial charge is 0.199 e. The predicted octanol–water partition coefficient (Wildman–Crippen LogP) is 5.31. The third-order valence-corrected chi connectivity index (χ3v) is 5.90. The standard InChI is InChI=1S/C25H26N4OS/c1-27(23(19-10-6-4-7-11-19)20-12-8-5-9-13-20)18-29-25(31)28(2)24(26-29)21-14-16-22(30-3)17-15-21/h4-17,23H,18H2,1-3H3. The van der Waals surface area contributed by atoms with Crippen molar-refractivity contribution in [1.29, 1.82) is 0 Å². The lowest BCUT2D eigenvalue weighted by atomic mass is 9.98. The lowest BCUT2D eigenvalue weighted by Gasteiger charge is -2.28. The maximum atomic E-state index is 5.71. The molecular formula is C25H26N4OS. The largest absolute Gasteiger partial charge is 0.497 e. The van der Waals surface area contributed by atoms with Crippen molar-refractivity contribution >= 4 is 12.2 Å². The van der Waals surface area contributed by atoms with Gasteiger partial charge in [0.1, 0.15) is 5.75 Å². The fraction of sp³-hybridized carbons (Fsp3) is 0.200. The highest BCUT2D eigenvalue weighted by atomic mass is 32.1. The average Bonchev–Trinajstić information content (AvgIpc) is 3.09. The summed E-state index contributed by atoms with van der Waals surface area (Å²) in [4.78, 5) is 2.27. The van der Waals surface area contributed by atoms with Crippen LogP contribution in [0.3, 0.4) is 0 Å². The van der Waals surface area contributed by atoms with E-state index in [1.165, 1.54) is 11.1 Å².